The molecule has 2 fully saturated rings. The highest BCUT2D eigenvalue weighted by Gasteiger charge is 2.32. The van der Waals surface area contributed by atoms with Gasteiger partial charge in [-0.1, -0.05) is 0 Å². The second-order valence-corrected chi connectivity index (χ2v) is 7.45. The van der Waals surface area contributed by atoms with E-state index in [4.69, 9.17) is 4.74 Å². The highest BCUT2D eigenvalue weighted by molar-refractivity contribution is 5.99. The first-order valence-electron chi connectivity index (χ1n) is 9.37. The molecule has 0 radical (unpaired) electrons. The van der Waals surface area contributed by atoms with Gasteiger partial charge in [-0.3, -0.25) is 9.59 Å². The van der Waals surface area contributed by atoms with Gasteiger partial charge in [-0.05, 0) is 32.8 Å². The molecule has 144 valence electrons. The maximum Gasteiger partial charge on any atom is 0.200 e. The van der Waals surface area contributed by atoms with Crippen LogP contribution in [0.5, 0.6) is 5.75 Å². The lowest BCUT2D eigenvalue weighted by atomic mass is 10.0. The van der Waals surface area contributed by atoms with E-state index in [9.17, 15) is 9.59 Å². The fourth-order valence-electron chi connectivity index (χ4n) is 3.97. The molecule has 0 amide bonds. The molecule has 1 aliphatic heterocycles. The molecule has 1 unspecified atom stereocenters. The molecule has 1 saturated carbocycles. The highest BCUT2D eigenvalue weighted by Crippen LogP contribution is 2.44. The SMILES string of the molecule is COc1c(N2CCNCC2C)c(F)cc2c(=O)c(C(C)=O)cn(C3CC3)c12. The number of carbonyl (C=O) groups is 1. The van der Waals surface area contributed by atoms with Crippen LogP contribution in [0.3, 0.4) is 0 Å². The Morgan fingerprint density at radius 1 is 1.37 bits per heavy atom. The number of nitrogens with zero attached hydrogens (tertiary/aromatic N) is 2. The number of rotatable bonds is 4. The fourth-order valence-corrected chi connectivity index (χ4v) is 3.97. The number of Topliss-reactive ketones (excluding diaryl/α,β-unsaturated/α-hetero) is 1. The summed E-state index contributed by atoms with van der Waals surface area (Å²) in [6.07, 6.45) is 3.56. The van der Waals surface area contributed by atoms with Crippen LogP contribution in [-0.2, 0) is 0 Å². The van der Waals surface area contributed by atoms with E-state index in [-0.39, 0.29) is 28.8 Å². The molecule has 1 atom stereocenters. The van der Waals surface area contributed by atoms with E-state index in [1.54, 1.807) is 6.20 Å². The zero-order valence-corrected chi connectivity index (χ0v) is 15.8. The smallest absolute Gasteiger partial charge is 0.200 e. The Morgan fingerprint density at radius 2 is 2.11 bits per heavy atom. The van der Waals surface area contributed by atoms with E-state index in [0.717, 1.165) is 25.9 Å². The van der Waals surface area contributed by atoms with Crippen LogP contribution in [0.15, 0.2) is 17.1 Å². The van der Waals surface area contributed by atoms with Crippen molar-refractivity contribution in [3.63, 3.8) is 0 Å². The Kier molecular flexibility index (Phi) is 4.42. The highest BCUT2D eigenvalue weighted by atomic mass is 19.1. The number of fused-ring (bicyclic) bond motifs is 1. The third kappa shape index (κ3) is 2.90. The second-order valence-electron chi connectivity index (χ2n) is 7.45. The predicted octanol–water partition coefficient (Wildman–Crippen LogP) is 2.48. The van der Waals surface area contributed by atoms with E-state index in [1.165, 1.54) is 20.1 Å². The maximum atomic E-state index is 15.2. The summed E-state index contributed by atoms with van der Waals surface area (Å²) < 4.78 is 22.8. The van der Waals surface area contributed by atoms with Gasteiger partial charge in [0.15, 0.2) is 22.8 Å². The number of pyridine rings is 1. The maximum absolute atomic E-state index is 15.2. The molecule has 2 heterocycles. The van der Waals surface area contributed by atoms with Crippen LogP contribution in [0.25, 0.3) is 10.9 Å². The van der Waals surface area contributed by atoms with Gasteiger partial charge >= 0.3 is 0 Å². The Hall–Kier alpha value is -2.41. The van der Waals surface area contributed by atoms with Gasteiger partial charge < -0.3 is 19.5 Å². The summed E-state index contributed by atoms with van der Waals surface area (Å²) in [7, 11) is 1.51. The summed E-state index contributed by atoms with van der Waals surface area (Å²) >= 11 is 0. The zero-order valence-electron chi connectivity index (χ0n) is 15.8. The number of halogens is 1. The Morgan fingerprint density at radius 3 is 2.70 bits per heavy atom. The van der Waals surface area contributed by atoms with Crippen LogP contribution in [0.1, 0.15) is 43.1 Å². The summed E-state index contributed by atoms with van der Waals surface area (Å²) in [5, 5.41) is 3.50. The lowest BCUT2D eigenvalue weighted by Crippen LogP contribution is -2.50. The van der Waals surface area contributed by atoms with Crippen LogP contribution >= 0.6 is 0 Å². The van der Waals surface area contributed by atoms with Crippen LogP contribution in [0.4, 0.5) is 10.1 Å². The molecule has 0 spiro atoms. The normalized spacial score (nSPS) is 20.1. The van der Waals surface area contributed by atoms with Gasteiger partial charge in [-0.2, -0.15) is 0 Å². The number of benzene rings is 1. The number of hydrogen-bond donors (Lipinski definition) is 1. The van der Waals surface area contributed by atoms with Gasteiger partial charge in [0.1, 0.15) is 5.69 Å². The Labute approximate surface area is 156 Å². The first-order valence-corrected chi connectivity index (χ1v) is 9.37. The minimum Gasteiger partial charge on any atom is -0.492 e. The van der Waals surface area contributed by atoms with Gasteiger partial charge in [-0.15, -0.1) is 0 Å². The number of aromatic nitrogens is 1. The van der Waals surface area contributed by atoms with Crippen LogP contribution in [0, 0.1) is 5.82 Å². The van der Waals surface area contributed by atoms with Crippen LogP contribution < -0.4 is 20.4 Å². The van der Waals surface area contributed by atoms with E-state index < -0.39 is 11.2 Å². The molecule has 27 heavy (non-hydrogen) atoms. The summed E-state index contributed by atoms with van der Waals surface area (Å²) in [6.45, 7) is 5.55. The molecular weight excluding hydrogens is 349 g/mol. The fraction of sp³-hybridized carbons (Fsp3) is 0.500. The van der Waals surface area contributed by atoms with Crippen molar-refractivity contribution in [1.82, 2.24) is 9.88 Å². The van der Waals surface area contributed by atoms with Crippen molar-refractivity contribution in [2.24, 2.45) is 0 Å². The molecule has 2 aromatic rings. The van der Waals surface area contributed by atoms with Gasteiger partial charge in [-0.25, -0.2) is 4.39 Å². The van der Waals surface area contributed by atoms with Gasteiger partial charge in [0.2, 0.25) is 0 Å². The van der Waals surface area contributed by atoms with Gasteiger partial charge in [0.05, 0.1) is 23.6 Å². The van der Waals surface area contributed by atoms with Crippen molar-refractivity contribution >= 4 is 22.4 Å². The monoisotopic (exact) mass is 373 g/mol. The number of carbonyl (C=O) groups excluding carboxylic acids is 1. The number of ketones is 1. The molecule has 1 aliphatic carbocycles. The first kappa shape index (κ1) is 18.0. The second kappa shape index (κ2) is 6.64. The Bertz CT molecular complexity index is 981. The van der Waals surface area contributed by atoms with Crippen molar-refractivity contribution in [2.75, 3.05) is 31.6 Å². The summed E-state index contributed by atoms with van der Waals surface area (Å²) in [5.74, 6) is -0.429. The molecule has 1 aromatic heterocycles. The topological polar surface area (TPSA) is 63.6 Å². The van der Waals surface area contributed by atoms with Crippen molar-refractivity contribution in [2.45, 2.75) is 38.8 Å². The summed E-state index contributed by atoms with van der Waals surface area (Å²) in [4.78, 5) is 26.8. The summed E-state index contributed by atoms with van der Waals surface area (Å²) in [5.41, 5.74) is 0.631. The number of methoxy groups -OCH3 is 1. The van der Waals surface area contributed by atoms with E-state index in [0.29, 0.717) is 23.5 Å². The number of hydrogen-bond acceptors (Lipinski definition) is 5. The van der Waals surface area contributed by atoms with Crippen LogP contribution in [0.2, 0.25) is 0 Å². The molecule has 1 aromatic carbocycles. The minimum absolute atomic E-state index is 0.0946. The van der Waals surface area contributed by atoms with Crippen molar-refractivity contribution in [3.8, 4) is 5.75 Å². The molecule has 7 heteroatoms. The largest absolute Gasteiger partial charge is 0.492 e. The average molecular weight is 373 g/mol. The molecule has 6 nitrogen and oxygen atoms in total. The minimum atomic E-state index is -0.492. The van der Waals surface area contributed by atoms with Crippen molar-refractivity contribution < 1.29 is 13.9 Å². The first-order chi connectivity index (χ1) is 12.9. The zero-order chi connectivity index (χ0) is 19.3. The molecule has 2 aliphatic rings. The average Bonchev–Trinajstić information content (AvgIpc) is 3.47. The summed E-state index contributed by atoms with van der Waals surface area (Å²) in [6, 6.07) is 1.58. The van der Waals surface area contributed by atoms with E-state index >= 15 is 4.39 Å². The third-order valence-electron chi connectivity index (χ3n) is 5.51. The number of ether oxygens (including phenoxy) is 1. The molecule has 1 N–H and O–H groups in total. The quantitative estimate of drug-likeness (QED) is 0.835. The Balaban J connectivity index is 2.06. The van der Waals surface area contributed by atoms with Crippen molar-refractivity contribution in [3.05, 3.63) is 33.9 Å². The third-order valence-corrected chi connectivity index (χ3v) is 5.51. The number of anilines is 1. The van der Waals surface area contributed by atoms with Gasteiger partial charge in [0, 0.05) is 37.9 Å². The molecule has 0 bridgehead atoms. The number of nitrogens with one attached hydrogen (secondary N) is 1. The van der Waals surface area contributed by atoms with E-state index in [1.807, 2.05) is 16.4 Å². The lowest BCUT2D eigenvalue weighted by molar-refractivity contribution is 0.101. The van der Waals surface area contributed by atoms with Gasteiger partial charge in [0.25, 0.3) is 0 Å². The van der Waals surface area contributed by atoms with Crippen molar-refractivity contribution in [1.29, 1.82) is 0 Å². The number of piperazine rings is 1. The predicted molar refractivity (Wildman–Crippen MR) is 103 cm³/mol. The van der Waals surface area contributed by atoms with Crippen LogP contribution in [-0.4, -0.2) is 43.1 Å². The molecular formula is C20H24FN3O3. The standard InChI is InChI=1S/C20H24FN3O3/c1-11-9-22-6-7-23(11)18-16(21)8-14-17(20(18)27-3)24(13-4-5-13)10-15(12(2)25)19(14)26/h8,10-11,13,22H,4-7,9H2,1-3H3. The lowest BCUT2D eigenvalue weighted by Gasteiger charge is -2.37. The molecule has 1 saturated heterocycles. The molecule has 4 rings (SSSR count). The van der Waals surface area contributed by atoms with E-state index in [2.05, 4.69) is 5.32 Å².